The highest BCUT2D eigenvalue weighted by molar-refractivity contribution is 5.95. The molecular weight excluding hydrogens is 333 g/mol. The van der Waals surface area contributed by atoms with Crippen LogP contribution in [0.5, 0.6) is 5.75 Å². The number of carbonyl (C=O) groups excluding carboxylic acids is 1. The number of ketones is 1. The average Bonchev–Trinajstić information content (AvgIpc) is 2.58. The van der Waals surface area contributed by atoms with Gasteiger partial charge in [0.1, 0.15) is 11.8 Å². The Labute approximate surface area is 142 Å². The number of ether oxygens (including phenoxy) is 1. The third kappa shape index (κ3) is 4.29. The summed E-state index contributed by atoms with van der Waals surface area (Å²) in [7, 11) is 1.29. The summed E-state index contributed by atoms with van der Waals surface area (Å²) < 4.78 is 44.5. The Bertz CT molecular complexity index is 839. The van der Waals surface area contributed by atoms with Gasteiger partial charge in [-0.3, -0.25) is 4.79 Å². The van der Waals surface area contributed by atoms with Crippen LogP contribution in [-0.2, 0) is 12.7 Å². The van der Waals surface area contributed by atoms with Gasteiger partial charge in [-0.25, -0.2) is 0 Å². The standard InChI is InChI=1S/C18H15F3N2O2/c1-11(24)12-3-4-13(9-22)17(7-12)23-10-14-5-6-15(25-2)8-16(14)18(19,20)21/h3-8,23H,10H2,1-2H3. The molecule has 0 saturated heterocycles. The summed E-state index contributed by atoms with van der Waals surface area (Å²) in [5.41, 5.74) is 0.101. The minimum Gasteiger partial charge on any atom is -0.497 e. The molecule has 0 fully saturated rings. The molecule has 25 heavy (non-hydrogen) atoms. The van der Waals surface area contributed by atoms with Gasteiger partial charge in [0, 0.05) is 12.1 Å². The molecular formula is C18H15F3N2O2. The first-order chi connectivity index (χ1) is 11.8. The summed E-state index contributed by atoms with van der Waals surface area (Å²) in [5, 5.41) is 11.9. The summed E-state index contributed by atoms with van der Waals surface area (Å²) in [5.74, 6) is -0.0969. The Kier molecular flexibility index (Phi) is 5.32. The van der Waals surface area contributed by atoms with Crippen molar-refractivity contribution in [2.45, 2.75) is 19.6 Å². The molecule has 130 valence electrons. The van der Waals surface area contributed by atoms with E-state index in [1.54, 1.807) is 0 Å². The van der Waals surface area contributed by atoms with E-state index < -0.39 is 11.7 Å². The van der Waals surface area contributed by atoms with E-state index >= 15 is 0 Å². The predicted molar refractivity (Wildman–Crippen MR) is 86.5 cm³/mol. The minimum absolute atomic E-state index is 0.00502. The van der Waals surface area contributed by atoms with Crippen molar-refractivity contribution < 1.29 is 22.7 Å². The number of hydrogen-bond donors (Lipinski definition) is 1. The zero-order valence-electron chi connectivity index (χ0n) is 13.6. The molecule has 0 radical (unpaired) electrons. The number of anilines is 1. The average molecular weight is 348 g/mol. The van der Waals surface area contributed by atoms with Gasteiger partial charge in [-0.1, -0.05) is 6.07 Å². The number of Topliss-reactive ketones (excluding diaryl/α,β-unsaturated/α-hetero) is 1. The van der Waals surface area contributed by atoms with Crippen LogP contribution in [0.3, 0.4) is 0 Å². The fourth-order valence-electron chi connectivity index (χ4n) is 2.30. The topological polar surface area (TPSA) is 62.1 Å². The second-order valence-electron chi connectivity index (χ2n) is 5.30. The molecule has 0 amide bonds. The van der Waals surface area contributed by atoms with Crippen LogP contribution >= 0.6 is 0 Å². The third-order valence-electron chi connectivity index (χ3n) is 3.64. The molecule has 0 unspecified atom stereocenters. The van der Waals surface area contributed by atoms with Crippen LogP contribution < -0.4 is 10.1 Å². The number of rotatable bonds is 5. The maximum atomic E-state index is 13.2. The summed E-state index contributed by atoms with van der Waals surface area (Å²) in [4.78, 5) is 11.5. The van der Waals surface area contributed by atoms with Gasteiger partial charge in [0.25, 0.3) is 0 Å². The quantitative estimate of drug-likeness (QED) is 0.814. The van der Waals surface area contributed by atoms with Gasteiger partial charge in [-0.15, -0.1) is 0 Å². The molecule has 0 atom stereocenters. The Hall–Kier alpha value is -3.01. The summed E-state index contributed by atoms with van der Waals surface area (Å²) >= 11 is 0. The van der Waals surface area contributed by atoms with Crippen LogP contribution in [0, 0.1) is 11.3 Å². The van der Waals surface area contributed by atoms with Gasteiger partial charge in [-0.2, -0.15) is 18.4 Å². The summed E-state index contributed by atoms with van der Waals surface area (Å²) in [6.07, 6.45) is -4.54. The number of alkyl halides is 3. The summed E-state index contributed by atoms with van der Waals surface area (Å²) in [6, 6.07) is 10.0. The van der Waals surface area contributed by atoms with Crippen molar-refractivity contribution in [2.24, 2.45) is 0 Å². The lowest BCUT2D eigenvalue weighted by Crippen LogP contribution is -2.12. The molecule has 2 aromatic carbocycles. The monoisotopic (exact) mass is 348 g/mol. The predicted octanol–water partition coefficient (Wildman–Crippen LogP) is 4.40. The van der Waals surface area contributed by atoms with Crippen LogP contribution in [0.2, 0.25) is 0 Å². The normalized spacial score (nSPS) is 10.9. The van der Waals surface area contributed by atoms with Gasteiger partial charge in [0.15, 0.2) is 5.78 Å². The molecule has 7 heteroatoms. The molecule has 2 aromatic rings. The van der Waals surface area contributed by atoms with E-state index in [1.807, 2.05) is 6.07 Å². The van der Waals surface area contributed by atoms with E-state index in [9.17, 15) is 18.0 Å². The molecule has 2 rings (SSSR count). The van der Waals surface area contributed by atoms with Crippen LogP contribution in [0.1, 0.15) is 34.0 Å². The number of methoxy groups -OCH3 is 1. The van der Waals surface area contributed by atoms with Crippen LogP contribution in [0.25, 0.3) is 0 Å². The number of nitriles is 1. The molecule has 4 nitrogen and oxygen atoms in total. The van der Waals surface area contributed by atoms with Gasteiger partial charge in [-0.05, 0) is 42.8 Å². The number of carbonyl (C=O) groups is 1. The number of benzene rings is 2. The maximum absolute atomic E-state index is 13.2. The highest BCUT2D eigenvalue weighted by atomic mass is 19.4. The van der Waals surface area contributed by atoms with Crippen molar-refractivity contribution in [1.29, 1.82) is 5.26 Å². The van der Waals surface area contributed by atoms with E-state index in [4.69, 9.17) is 10.00 Å². The zero-order valence-corrected chi connectivity index (χ0v) is 13.6. The molecule has 0 aliphatic heterocycles. The molecule has 0 bridgehead atoms. The van der Waals surface area contributed by atoms with Gasteiger partial charge in [0.05, 0.1) is 23.9 Å². The first-order valence-electron chi connectivity index (χ1n) is 7.29. The molecule has 0 aliphatic carbocycles. The molecule has 0 aromatic heterocycles. The second kappa shape index (κ2) is 7.26. The third-order valence-corrected chi connectivity index (χ3v) is 3.64. The number of nitrogens with zero attached hydrogens (tertiary/aromatic N) is 1. The Morgan fingerprint density at radius 1 is 1.24 bits per heavy atom. The zero-order chi connectivity index (χ0) is 18.6. The van der Waals surface area contributed by atoms with E-state index in [2.05, 4.69) is 5.32 Å². The highest BCUT2D eigenvalue weighted by Gasteiger charge is 2.33. The lowest BCUT2D eigenvalue weighted by molar-refractivity contribution is -0.138. The first kappa shape index (κ1) is 18.3. The Morgan fingerprint density at radius 3 is 2.52 bits per heavy atom. The van der Waals surface area contributed by atoms with Crippen molar-refractivity contribution in [2.75, 3.05) is 12.4 Å². The largest absolute Gasteiger partial charge is 0.497 e. The van der Waals surface area contributed by atoms with Crippen molar-refractivity contribution in [3.05, 3.63) is 58.7 Å². The lowest BCUT2D eigenvalue weighted by Gasteiger charge is -2.16. The maximum Gasteiger partial charge on any atom is 0.416 e. The number of hydrogen-bond acceptors (Lipinski definition) is 4. The molecule has 0 spiro atoms. The second-order valence-corrected chi connectivity index (χ2v) is 5.30. The van der Waals surface area contributed by atoms with E-state index in [0.717, 1.165) is 6.07 Å². The molecule has 1 N–H and O–H groups in total. The van der Waals surface area contributed by atoms with Crippen molar-refractivity contribution in [1.82, 2.24) is 0 Å². The molecule has 0 aliphatic rings. The molecule has 0 saturated carbocycles. The smallest absolute Gasteiger partial charge is 0.416 e. The number of halogens is 3. The number of nitrogens with one attached hydrogen (secondary N) is 1. The van der Waals surface area contributed by atoms with Gasteiger partial charge >= 0.3 is 6.18 Å². The molecule has 0 heterocycles. The lowest BCUT2D eigenvalue weighted by atomic mass is 10.0. The van der Waals surface area contributed by atoms with Crippen molar-refractivity contribution in [3.8, 4) is 11.8 Å². The van der Waals surface area contributed by atoms with E-state index in [-0.39, 0.29) is 29.2 Å². The fraction of sp³-hybridized carbons (Fsp3) is 0.222. The minimum atomic E-state index is -4.54. The highest BCUT2D eigenvalue weighted by Crippen LogP contribution is 2.35. The Morgan fingerprint density at radius 2 is 1.96 bits per heavy atom. The summed E-state index contributed by atoms with van der Waals surface area (Å²) in [6.45, 7) is 1.21. The SMILES string of the molecule is COc1ccc(CNc2cc(C(C)=O)ccc2C#N)c(C(F)(F)F)c1. The van der Waals surface area contributed by atoms with E-state index in [1.165, 1.54) is 44.4 Å². The van der Waals surface area contributed by atoms with Crippen molar-refractivity contribution in [3.63, 3.8) is 0 Å². The van der Waals surface area contributed by atoms with E-state index in [0.29, 0.717) is 11.3 Å². The first-order valence-corrected chi connectivity index (χ1v) is 7.29. The Balaban J connectivity index is 2.35. The van der Waals surface area contributed by atoms with Crippen molar-refractivity contribution >= 4 is 11.5 Å². The van der Waals surface area contributed by atoms with Crippen LogP contribution in [0.4, 0.5) is 18.9 Å². The fourth-order valence-corrected chi connectivity index (χ4v) is 2.30. The van der Waals surface area contributed by atoms with Crippen LogP contribution in [-0.4, -0.2) is 12.9 Å². The van der Waals surface area contributed by atoms with Gasteiger partial charge < -0.3 is 10.1 Å². The van der Waals surface area contributed by atoms with Crippen LogP contribution in [0.15, 0.2) is 36.4 Å². The van der Waals surface area contributed by atoms with Gasteiger partial charge in [0.2, 0.25) is 0 Å².